The first-order valence-electron chi connectivity index (χ1n) is 8.39. The van der Waals surface area contributed by atoms with E-state index in [1.165, 1.54) is 11.0 Å². The third-order valence-electron chi connectivity index (χ3n) is 4.32. The van der Waals surface area contributed by atoms with E-state index in [1.54, 1.807) is 31.2 Å². The molecule has 0 aliphatic carbocycles. The number of aliphatic hydroxyl groups excluding tert-OH is 1. The minimum atomic E-state index is -0.906. The van der Waals surface area contributed by atoms with Gasteiger partial charge in [0.05, 0.1) is 12.1 Å². The van der Waals surface area contributed by atoms with Gasteiger partial charge in [0.15, 0.2) is 11.2 Å². The highest BCUT2D eigenvalue weighted by Gasteiger charge is 2.32. The second-order valence-electron chi connectivity index (χ2n) is 6.32. The highest BCUT2D eigenvalue weighted by atomic mass is 16.3. The van der Waals surface area contributed by atoms with Crippen LogP contribution in [0.2, 0.25) is 0 Å². The number of β-amino-alcohol motifs (C(OH)–C–C–N with tert-alkyl or cyclic N) is 1. The number of aliphatic hydroxyl groups is 1. The molecule has 0 spiro atoms. The average Bonchev–Trinajstić information content (AvgIpc) is 2.62. The van der Waals surface area contributed by atoms with Crippen molar-refractivity contribution in [1.82, 2.24) is 10.2 Å². The predicted octanol–water partition coefficient (Wildman–Crippen LogP) is 0.954. The summed E-state index contributed by atoms with van der Waals surface area (Å²) >= 11 is 0. The van der Waals surface area contributed by atoms with E-state index in [9.17, 15) is 19.5 Å². The number of amides is 2. The van der Waals surface area contributed by atoms with Gasteiger partial charge in [-0.05, 0) is 25.5 Å². The summed E-state index contributed by atoms with van der Waals surface area (Å²) < 4.78 is 5.31. The molecule has 1 aromatic carbocycles. The van der Waals surface area contributed by atoms with Crippen molar-refractivity contribution in [1.29, 1.82) is 0 Å². The van der Waals surface area contributed by atoms with Gasteiger partial charge in [0.1, 0.15) is 5.76 Å². The van der Waals surface area contributed by atoms with Crippen LogP contribution in [0.4, 0.5) is 0 Å². The molecule has 0 bridgehead atoms. The Morgan fingerprint density at radius 3 is 2.62 bits per heavy atom. The first-order valence-corrected chi connectivity index (χ1v) is 8.39. The van der Waals surface area contributed by atoms with E-state index in [1.807, 2.05) is 6.07 Å². The van der Waals surface area contributed by atoms with Gasteiger partial charge in [-0.2, -0.15) is 0 Å². The lowest BCUT2D eigenvalue weighted by Gasteiger charge is -2.36. The van der Waals surface area contributed by atoms with Crippen LogP contribution in [0.5, 0.6) is 0 Å². The van der Waals surface area contributed by atoms with Crippen molar-refractivity contribution in [2.24, 2.45) is 0 Å². The number of benzene rings is 1. The molecule has 3 rings (SSSR count). The molecule has 2 atom stereocenters. The van der Waals surface area contributed by atoms with Gasteiger partial charge in [0.25, 0.3) is 11.8 Å². The summed E-state index contributed by atoms with van der Waals surface area (Å²) in [5.41, 5.74) is 0.211. The maximum absolute atomic E-state index is 12.5. The highest BCUT2D eigenvalue weighted by molar-refractivity contribution is 5.94. The van der Waals surface area contributed by atoms with E-state index in [0.29, 0.717) is 24.3 Å². The summed E-state index contributed by atoms with van der Waals surface area (Å²) in [6, 6.07) is 10.7. The number of piperidine rings is 1. The second kappa shape index (κ2) is 7.53. The third-order valence-corrected chi connectivity index (χ3v) is 4.32. The molecule has 136 valence electrons. The SMILES string of the molecule is Cc1cc(=O)cc(C(=O)N2CC[C@@H](NC(=O)c3ccccc3)[C@H](O)C2)o1. The van der Waals surface area contributed by atoms with Crippen LogP contribution >= 0.6 is 0 Å². The maximum atomic E-state index is 12.5. The number of hydrogen-bond acceptors (Lipinski definition) is 5. The highest BCUT2D eigenvalue weighted by Crippen LogP contribution is 2.15. The Labute approximate surface area is 150 Å². The van der Waals surface area contributed by atoms with Gasteiger partial charge in [0, 0.05) is 30.8 Å². The molecule has 2 N–H and O–H groups in total. The summed E-state index contributed by atoms with van der Waals surface area (Å²) in [4.78, 5) is 37.7. The van der Waals surface area contributed by atoms with Crippen LogP contribution < -0.4 is 10.7 Å². The summed E-state index contributed by atoms with van der Waals surface area (Å²) in [5.74, 6) is -0.405. The molecule has 2 aromatic rings. The van der Waals surface area contributed by atoms with Crippen molar-refractivity contribution >= 4 is 11.8 Å². The van der Waals surface area contributed by atoms with Crippen molar-refractivity contribution in [2.75, 3.05) is 13.1 Å². The smallest absolute Gasteiger partial charge is 0.289 e. The first-order chi connectivity index (χ1) is 12.4. The van der Waals surface area contributed by atoms with Crippen LogP contribution in [0.25, 0.3) is 0 Å². The molecule has 2 heterocycles. The van der Waals surface area contributed by atoms with Crippen LogP contribution in [0.3, 0.4) is 0 Å². The monoisotopic (exact) mass is 356 g/mol. The zero-order chi connectivity index (χ0) is 18.7. The van der Waals surface area contributed by atoms with E-state index < -0.39 is 18.1 Å². The Morgan fingerprint density at radius 1 is 1.23 bits per heavy atom. The largest absolute Gasteiger partial charge is 0.456 e. The van der Waals surface area contributed by atoms with Gasteiger partial charge in [0.2, 0.25) is 0 Å². The van der Waals surface area contributed by atoms with Crippen LogP contribution in [-0.2, 0) is 0 Å². The Morgan fingerprint density at radius 2 is 1.96 bits per heavy atom. The number of hydrogen-bond donors (Lipinski definition) is 2. The van der Waals surface area contributed by atoms with E-state index in [2.05, 4.69) is 5.32 Å². The number of aryl methyl sites for hydroxylation is 1. The zero-order valence-corrected chi connectivity index (χ0v) is 14.3. The lowest BCUT2D eigenvalue weighted by molar-refractivity contribution is 0.0294. The van der Waals surface area contributed by atoms with Crippen molar-refractivity contribution in [2.45, 2.75) is 25.5 Å². The van der Waals surface area contributed by atoms with Crippen molar-refractivity contribution < 1.29 is 19.1 Å². The molecule has 1 saturated heterocycles. The molecule has 7 nitrogen and oxygen atoms in total. The number of carbonyl (C=O) groups is 2. The lowest BCUT2D eigenvalue weighted by atomic mass is 10.0. The minimum absolute atomic E-state index is 0.0472. The second-order valence-corrected chi connectivity index (χ2v) is 6.32. The number of nitrogens with zero attached hydrogens (tertiary/aromatic N) is 1. The predicted molar refractivity (Wildman–Crippen MR) is 93.9 cm³/mol. The number of rotatable bonds is 3. The molecule has 1 aromatic heterocycles. The molecule has 26 heavy (non-hydrogen) atoms. The van der Waals surface area contributed by atoms with Crippen LogP contribution in [0.1, 0.15) is 33.1 Å². The van der Waals surface area contributed by atoms with Crippen LogP contribution in [-0.4, -0.2) is 47.1 Å². The van der Waals surface area contributed by atoms with Gasteiger partial charge < -0.3 is 19.7 Å². The Bertz CT molecular complexity index is 862. The molecule has 0 radical (unpaired) electrons. The van der Waals surface area contributed by atoms with Crippen molar-refractivity contribution in [3.8, 4) is 0 Å². The van der Waals surface area contributed by atoms with E-state index >= 15 is 0 Å². The normalized spacial score (nSPS) is 19.8. The van der Waals surface area contributed by atoms with Gasteiger partial charge >= 0.3 is 0 Å². The molecular formula is C19H20N2O5. The Kier molecular flexibility index (Phi) is 5.18. The fraction of sp³-hybridized carbons (Fsp3) is 0.316. The summed E-state index contributed by atoms with van der Waals surface area (Å²) in [6.45, 7) is 1.99. The van der Waals surface area contributed by atoms with Crippen LogP contribution in [0.15, 0.2) is 51.7 Å². The summed E-state index contributed by atoms with van der Waals surface area (Å²) in [5, 5.41) is 13.1. The molecule has 0 unspecified atom stereocenters. The lowest BCUT2D eigenvalue weighted by Crippen LogP contribution is -2.55. The third kappa shape index (κ3) is 4.00. The van der Waals surface area contributed by atoms with Gasteiger partial charge in [-0.3, -0.25) is 14.4 Å². The Hall–Kier alpha value is -2.93. The fourth-order valence-corrected chi connectivity index (χ4v) is 2.99. The number of carbonyl (C=O) groups excluding carboxylic acids is 2. The number of nitrogens with one attached hydrogen (secondary N) is 1. The first kappa shape index (κ1) is 17.9. The minimum Gasteiger partial charge on any atom is -0.456 e. The summed E-state index contributed by atoms with van der Waals surface area (Å²) in [7, 11) is 0. The van der Waals surface area contributed by atoms with Crippen molar-refractivity contribution in [3.05, 3.63) is 69.8 Å². The topological polar surface area (TPSA) is 99.9 Å². The molecule has 7 heteroatoms. The average molecular weight is 356 g/mol. The summed E-state index contributed by atoms with van der Waals surface area (Å²) in [6.07, 6.45) is -0.501. The molecule has 1 aliphatic rings. The number of likely N-dealkylation sites (tertiary alicyclic amines) is 1. The Balaban J connectivity index is 1.64. The fourth-order valence-electron chi connectivity index (χ4n) is 2.99. The molecule has 1 fully saturated rings. The molecule has 2 amide bonds. The quantitative estimate of drug-likeness (QED) is 0.853. The van der Waals surface area contributed by atoms with E-state index in [4.69, 9.17) is 4.42 Å². The maximum Gasteiger partial charge on any atom is 0.289 e. The van der Waals surface area contributed by atoms with E-state index in [0.717, 1.165) is 6.07 Å². The molecular weight excluding hydrogens is 336 g/mol. The van der Waals surface area contributed by atoms with Crippen molar-refractivity contribution in [3.63, 3.8) is 0 Å². The van der Waals surface area contributed by atoms with Gasteiger partial charge in [-0.1, -0.05) is 18.2 Å². The van der Waals surface area contributed by atoms with Gasteiger partial charge in [-0.25, -0.2) is 0 Å². The molecule has 1 aliphatic heterocycles. The van der Waals surface area contributed by atoms with E-state index in [-0.39, 0.29) is 23.6 Å². The molecule has 0 saturated carbocycles. The van der Waals surface area contributed by atoms with Gasteiger partial charge in [-0.15, -0.1) is 0 Å². The zero-order valence-electron chi connectivity index (χ0n) is 14.3. The standard InChI is InChI=1S/C19H20N2O5/c1-12-9-14(22)10-17(26-12)19(25)21-8-7-15(16(23)11-21)20-18(24)13-5-3-2-4-6-13/h2-6,9-10,15-16,23H,7-8,11H2,1H3,(H,20,24)/t15-,16-/m1/s1. The van der Waals surface area contributed by atoms with Crippen LogP contribution in [0, 0.1) is 6.92 Å².